The van der Waals surface area contributed by atoms with E-state index < -0.39 is 0 Å². The first kappa shape index (κ1) is 14.0. The Kier molecular flexibility index (Phi) is 3.87. The van der Waals surface area contributed by atoms with Crippen molar-refractivity contribution in [3.63, 3.8) is 0 Å². The lowest BCUT2D eigenvalue weighted by atomic mass is 10.2. The van der Waals surface area contributed by atoms with E-state index in [1.54, 1.807) is 6.92 Å². The van der Waals surface area contributed by atoms with Crippen LogP contribution in [0.5, 0.6) is 0 Å². The number of likely N-dealkylation sites (tertiary alicyclic amines) is 1. The van der Waals surface area contributed by atoms with Crippen molar-refractivity contribution < 1.29 is 14.1 Å². The van der Waals surface area contributed by atoms with Gasteiger partial charge in [0.15, 0.2) is 5.82 Å². The quantitative estimate of drug-likeness (QED) is 0.793. The largest absolute Gasteiger partial charge is 0.340 e. The van der Waals surface area contributed by atoms with Gasteiger partial charge in [0.25, 0.3) is 0 Å². The highest BCUT2D eigenvalue weighted by molar-refractivity contribution is 6.01. The molecule has 2 fully saturated rings. The molecule has 2 aliphatic heterocycles. The number of carbonyl (C=O) groups excluding carboxylic acids is 2. The molecule has 2 aliphatic rings. The Morgan fingerprint density at radius 3 is 2.90 bits per heavy atom. The molecule has 0 spiro atoms. The minimum absolute atomic E-state index is 0.118. The fourth-order valence-corrected chi connectivity index (χ4v) is 2.95. The molecule has 1 N–H and O–H groups in total. The van der Waals surface area contributed by atoms with Crippen molar-refractivity contribution in [1.82, 2.24) is 25.3 Å². The van der Waals surface area contributed by atoms with Crippen LogP contribution in [0.4, 0.5) is 4.79 Å². The van der Waals surface area contributed by atoms with E-state index in [1.165, 1.54) is 4.90 Å². The van der Waals surface area contributed by atoms with Crippen LogP contribution in [-0.4, -0.2) is 58.1 Å². The maximum Gasteiger partial charge on any atom is 0.324 e. The first-order valence-corrected chi connectivity index (χ1v) is 7.27. The maximum atomic E-state index is 11.5. The molecule has 0 saturated carbocycles. The van der Waals surface area contributed by atoms with Crippen LogP contribution in [-0.2, 0) is 4.79 Å². The highest BCUT2D eigenvalue weighted by Gasteiger charge is 2.31. The van der Waals surface area contributed by atoms with Crippen LogP contribution in [0.1, 0.15) is 37.0 Å². The molecule has 1 aromatic heterocycles. The number of aryl methyl sites for hydroxylation is 1. The number of nitrogens with zero attached hydrogens (tertiary/aromatic N) is 4. The second kappa shape index (κ2) is 5.80. The average molecular weight is 293 g/mol. The number of carbonyl (C=O) groups is 2. The van der Waals surface area contributed by atoms with Crippen LogP contribution in [0.15, 0.2) is 4.52 Å². The standard InChI is InChI=1S/C13H19N5O3/c1-9-15-12(16-21-9)10-4-2-5-17(10)6-3-7-18-11(19)8-14-13(18)20/h10H,2-8H2,1H3,(H,14,20). The molecule has 21 heavy (non-hydrogen) atoms. The van der Waals surface area contributed by atoms with E-state index in [1.807, 2.05) is 0 Å². The first-order chi connectivity index (χ1) is 10.1. The zero-order chi connectivity index (χ0) is 14.8. The number of nitrogens with one attached hydrogen (secondary N) is 1. The van der Waals surface area contributed by atoms with Crippen molar-refractivity contribution in [3.8, 4) is 0 Å². The molecule has 0 bridgehead atoms. The van der Waals surface area contributed by atoms with Crippen LogP contribution in [0.2, 0.25) is 0 Å². The van der Waals surface area contributed by atoms with E-state index in [2.05, 4.69) is 20.4 Å². The molecule has 1 unspecified atom stereocenters. The third-order valence-electron chi connectivity index (χ3n) is 3.97. The second-order valence-corrected chi connectivity index (χ2v) is 5.42. The molecule has 3 rings (SSSR count). The molecule has 0 aliphatic carbocycles. The summed E-state index contributed by atoms with van der Waals surface area (Å²) in [5.74, 6) is 1.17. The summed E-state index contributed by atoms with van der Waals surface area (Å²) in [5.41, 5.74) is 0. The minimum Gasteiger partial charge on any atom is -0.340 e. The van der Waals surface area contributed by atoms with Gasteiger partial charge in [-0.25, -0.2) is 4.79 Å². The lowest BCUT2D eigenvalue weighted by Crippen LogP contribution is -2.34. The van der Waals surface area contributed by atoms with Gasteiger partial charge >= 0.3 is 6.03 Å². The van der Waals surface area contributed by atoms with Gasteiger partial charge in [-0.2, -0.15) is 4.98 Å². The zero-order valence-corrected chi connectivity index (χ0v) is 12.0. The number of aromatic nitrogens is 2. The van der Waals surface area contributed by atoms with Crippen molar-refractivity contribution in [1.29, 1.82) is 0 Å². The van der Waals surface area contributed by atoms with Gasteiger partial charge in [-0.3, -0.25) is 14.6 Å². The van der Waals surface area contributed by atoms with Gasteiger partial charge in [-0.1, -0.05) is 5.16 Å². The van der Waals surface area contributed by atoms with Crippen LogP contribution in [0.3, 0.4) is 0 Å². The summed E-state index contributed by atoms with van der Waals surface area (Å²) in [4.78, 5) is 30.8. The molecule has 3 heterocycles. The average Bonchev–Trinajstić information content (AvgIpc) is 3.15. The van der Waals surface area contributed by atoms with Gasteiger partial charge in [-0.05, 0) is 25.8 Å². The summed E-state index contributed by atoms with van der Waals surface area (Å²) < 4.78 is 5.05. The van der Waals surface area contributed by atoms with E-state index in [0.717, 1.165) is 38.2 Å². The second-order valence-electron chi connectivity index (χ2n) is 5.42. The van der Waals surface area contributed by atoms with Gasteiger partial charge in [0.1, 0.15) is 0 Å². The van der Waals surface area contributed by atoms with E-state index in [4.69, 9.17) is 4.52 Å². The number of hydrogen-bond donors (Lipinski definition) is 1. The van der Waals surface area contributed by atoms with Crippen LogP contribution in [0, 0.1) is 6.92 Å². The van der Waals surface area contributed by atoms with Crippen LogP contribution >= 0.6 is 0 Å². The number of imide groups is 1. The normalized spacial score (nSPS) is 23.1. The Balaban J connectivity index is 1.52. The van der Waals surface area contributed by atoms with Crippen molar-refractivity contribution >= 4 is 11.9 Å². The van der Waals surface area contributed by atoms with Crippen LogP contribution < -0.4 is 5.32 Å². The van der Waals surface area contributed by atoms with E-state index in [-0.39, 0.29) is 24.5 Å². The molecule has 1 atom stereocenters. The monoisotopic (exact) mass is 293 g/mol. The predicted octanol–water partition coefficient (Wildman–Crippen LogP) is 0.457. The summed E-state index contributed by atoms with van der Waals surface area (Å²) in [5, 5.41) is 6.53. The summed E-state index contributed by atoms with van der Waals surface area (Å²) in [6, 6.07) is -0.0997. The van der Waals surface area contributed by atoms with Crippen molar-refractivity contribution in [2.45, 2.75) is 32.2 Å². The third-order valence-corrected chi connectivity index (χ3v) is 3.97. The molecular weight excluding hydrogens is 274 g/mol. The maximum absolute atomic E-state index is 11.5. The fourth-order valence-electron chi connectivity index (χ4n) is 2.95. The molecule has 1 aromatic rings. The molecule has 8 nitrogen and oxygen atoms in total. The fraction of sp³-hybridized carbons (Fsp3) is 0.692. The lowest BCUT2D eigenvalue weighted by molar-refractivity contribution is -0.125. The highest BCUT2D eigenvalue weighted by Crippen LogP contribution is 2.29. The van der Waals surface area contributed by atoms with Crippen LogP contribution in [0.25, 0.3) is 0 Å². The highest BCUT2D eigenvalue weighted by atomic mass is 16.5. The Morgan fingerprint density at radius 2 is 2.24 bits per heavy atom. The summed E-state index contributed by atoms with van der Waals surface area (Å²) in [6.45, 7) is 4.16. The Bertz CT molecular complexity index is 528. The SMILES string of the molecule is Cc1nc(C2CCCN2CCCN2C(=O)CNC2=O)no1. The van der Waals surface area contributed by atoms with E-state index in [9.17, 15) is 9.59 Å². The number of hydrogen-bond acceptors (Lipinski definition) is 6. The minimum atomic E-state index is -0.285. The van der Waals surface area contributed by atoms with Gasteiger partial charge in [-0.15, -0.1) is 0 Å². The molecule has 0 radical (unpaired) electrons. The number of rotatable bonds is 5. The molecule has 0 aromatic carbocycles. The van der Waals surface area contributed by atoms with Gasteiger partial charge in [0.05, 0.1) is 12.6 Å². The Hall–Kier alpha value is -1.96. The van der Waals surface area contributed by atoms with Gasteiger partial charge < -0.3 is 9.84 Å². The molecule has 114 valence electrons. The Labute approximate surface area is 122 Å². The summed E-state index contributed by atoms with van der Waals surface area (Å²) in [7, 11) is 0. The van der Waals surface area contributed by atoms with Crippen molar-refractivity contribution in [2.24, 2.45) is 0 Å². The smallest absolute Gasteiger partial charge is 0.324 e. The molecule has 2 saturated heterocycles. The summed E-state index contributed by atoms with van der Waals surface area (Å²) in [6.07, 6.45) is 2.87. The van der Waals surface area contributed by atoms with Crippen molar-refractivity contribution in [3.05, 3.63) is 11.7 Å². The summed E-state index contributed by atoms with van der Waals surface area (Å²) >= 11 is 0. The zero-order valence-electron chi connectivity index (χ0n) is 12.0. The number of urea groups is 1. The van der Waals surface area contributed by atoms with Gasteiger partial charge in [0, 0.05) is 20.0 Å². The Morgan fingerprint density at radius 1 is 1.38 bits per heavy atom. The first-order valence-electron chi connectivity index (χ1n) is 7.27. The van der Waals surface area contributed by atoms with Crippen molar-refractivity contribution in [2.75, 3.05) is 26.2 Å². The van der Waals surface area contributed by atoms with E-state index >= 15 is 0 Å². The predicted molar refractivity (Wildman–Crippen MR) is 72.3 cm³/mol. The number of amides is 3. The van der Waals surface area contributed by atoms with E-state index in [0.29, 0.717) is 12.4 Å². The molecule has 8 heteroatoms. The molecular formula is C13H19N5O3. The topological polar surface area (TPSA) is 91.6 Å². The third kappa shape index (κ3) is 2.90. The van der Waals surface area contributed by atoms with Gasteiger partial charge in [0.2, 0.25) is 11.8 Å². The molecule has 3 amide bonds. The lowest BCUT2D eigenvalue weighted by Gasteiger charge is -2.22.